The van der Waals surface area contributed by atoms with Gasteiger partial charge in [-0.15, -0.1) is 0 Å². The van der Waals surface area contributed by atoms with Crippen molar-refractivity contribution in [3.05, 3.63) is 47.0 Å². The maximum atomic E-state index is 12.2. The second-order valence-electron chi connectivity index (χ2n) is 8.53. The summed E-state index contributed by atoms with van der Waals surface area (Å²) in [6, 6.07) is 8.50. The molecule has 0 radical (unpaired) electrons. The van der Waals surface area contributed by atoms with E-state index in [9.17, 15) is 4.39 Å². The topological polar surface area (TPSA) is 0 Å². The molecule has 0 amide bonds. The Kier molecular flexibility index (Phi) is 8.05. The monoisotopic (exact) mass is 376 g/mol. The van der Waals surface area contributed by atoms with E-state index < -0.39 is 0 Å². The molecule has 1 aromatic carbocycles. The SMILES string of the molecule is FCCC=CC1CCC(CCC2CCC(c3ccc(Cl)cc3)CC2)CC1. The molecule has 0 atom stereocenters. The molecule has 3 rings (SSSR count). The van der Waals surface area contributed by atoms with Crippen LogP contribution in [0.3, 0.4) is 0 Å². The third-order valence-corrected chi connectivity index (χ3v) is 7.00. The van der Waals surface area contributed by atoms with Gasteiger partial charge in [0.25, 0.3) is 0 Å². The van der Waals surface area contributed by atoms with Crippen LogP contribution in [-0.4, -0.2) is 6.67 Å². The van der Waals surface area contributed by atoms with Crippen LogP contribution in [0.15, 0.2) is 36.4 Å². The summed E-state index contributed by atoms with van der Waals surface area (Å²) in [7, 11) is 0. The Labute approximate surface area is 164 Å². The fourth-order valence-corrected chi connectivity index (χ4v) is 5.14. The zero-order valence-electron chi connectivity index (χ0n) is 16.0. The van der Waals surface area contributed by atoms with Crippen molar-refractivity contribution >= 4 is 11.6 Å². The van der Waals surface area contributed by atoms with Gasteiger partial charge in [0.2, 0.25) is 0 Å². The number of benzene rings is 1. The lowest BCUT2D eigenvalue weighted by atomic mass is 9.74. The predicted octanol–water partition coefficient (Wildman–Crippen LogP) is 8.12. The first kappa shape index (κ1) is 19.9. The summed E-state index contributed by atoms with van der Waals surface area (Å²) < 4.78 is 12.2. The third-order valence-electron chi connectivity index (χ3n) is 6.75. The van der Waals surface area contributed by atoms with Crippen molar-refractivity contribution in [2.75, 3.05) is 6.67 Å². The Balaban J connectivity index is 1.32. The zero-order valence-corrected chi connectivity index (χ0v) is 16.8. The van der Waals surface area contributed by atoms with E-state index in [4.69, 9.17) is 11.6 Å². The lowest BCUT2D eigenvalue weighted by Crippen LogP contribution is -2.17. The van der Waals surface area contributed by atoms with Crippen molar-refractivity contribution in [3.63, 3.8) is 0 Å². The Morgan fingerprint density at radius 2 is 1.42 bits per heavy atom. The maximum absolute atomic E-state index is 12.2. The predicted molar refractivity (Wildman–Crippen MR) is 111 cm³/mol. The molecule has 1 aromatic rings. The van der Waals surface area contributed by atoms with Crippen LogP contribution in [0.2, 0.25) is 5.02 Å². The molecular formula is C24H34ClF. The van der Waals surface area contributed by atoms with Crippen LogP contribution >= 0.6 is 11.6 Å². The van der Waals surface area contributed by atoms with Crippen LogP contribution in [-0.2, 0) is 0 Å². The van der Waals surface area contributed by atoms with Crippen molar-refractivity contribution < 1.29 is 4.39 Å². The van der Waals surface area contributed by atoms with Crippen LogP contribution < -0.4 is 0 Å². The molecule has 0 heterocycles. The first-order valence-corrected chi connectivity index (χ1v) is 11.1. The number of rotatable bonds is 7. The lowest BCUT2D eigenvalue weighted by molar-refractivity contribution is 0.246. The average molecular weight is 377 g/mol. The van der Waals surface area contributed by atoms with E-state index in [1.165, 1.54) is 69.8 Å². The second-order valence-corrected chi connectivity index (χ2v) is 8.97. The molecule has 0 saturated heterocycles. The van der Waals surface area contributed by atoms with E-state index in [1.807, 2.05) is 18.2 Å². The minimum Gasteiger partial charge on any atom is -0.251 e. The Bertz CT molecular complexity index is 534. The fourth-order valence-electron chi connectivity index (χ4n) is 5.01. The molecule has 26 heavy (non-hydrogen) atoms. The summed E-state index contributed by atoms with van der Waals surface area (Å²) in [4.78, 5) is 0. The molecule has 2 heteroatoms. The zero-order chi connectivity index (χ0) is 18.2. The van der Waals surface area contributed by atoms with E-state index in [1.54, 1.807) is 0 Å². The second kappa shape index (κ2) is 10.5. The summed E-state index contributed by atoms with van der Waals surface area (Å²) in [6.45, 7) is -0.216. The summed E-state index contributed by atoms with van der Waals surface area (Å²) in [6.07, 6.45) is 18.6. The van der Waals surface area contributed by atoms with Crippen LogP contribution in [0.5, 0.6) is 0 Å². The van der Waals surface area contributed by atoms with E-state index >= 15 is 0 Å². The van der Waals surface area contributed by atoms with Crippen molar-refractivity contribution in [2.45, 2.75) is 76.5 Å². The van der Waals surface area contributed by atoms with Crippen molar-refractivity contribution in [1.82, 2.24) is 0 Å². The highest BCUT2D eigenvalue weighted by Crippen LogP contribution is 2.40. The van der Waals surface area contributed by atoms with Gasteiger partial charge in [0, 0.05) is 5.02 Å². The molecule has 2 saturated carbocycles. The van der Waals surface area contributed by atoms with E-state index in [2.05, 4.69) is 18.2 Å². The molecular weight excluding hydrogens is 343 g/mol. The van der Waals surface area contributed by atoms with Gasteiger partial charge in [0.1, 0.15) is 0 Å². The minimum atomic E-state index is -0.216. The average Bonchev–Trinajstić information content (AvgIpc) is 2.69. The van der Waals surface area contributed by atoms with Gasteiger partial charge >= 0.3 is 0 Å². The summed E-state index contributed by atoms with van der Waals surface area (Å²) in [5, 5.41) is 0.843. The number of allylic oxidation sites excluding steroid dienone is 2. The molecule has 0 aliphatic heterocycles. The summed E-state index contributed by atoms with van der Waals surface area (Å²) >= 11 is 6.01. The van der Waals surface area contributed by atoms with Crippen LogP contribution in [0.25, 0.3) is 0 Å². The van der Waals surface area contributed by atoms with Crippen molar-refractivity contribution in [3.8, 4) is 0 Å². The molecule has 2 fully saturated rings. The molecule has 2 aliphatic rings. The van der Waals surface area contributed by atoms with E-state index in [0.717, 1.165) is 22.8 Å². The highest BCUT2D eigenvalue weighted by Gasteiger charge is 2.24. The molecule has 0 nitrogen and oxygen atoms in total. The van der Waals surface area contributed by atoms with Gasteiger partial charge in [-0.3, -0.25) is 4.39 Å². The van der Waals surface area contributed by atoms with Gasteiger partial charge in [-0.2, -0.15) is 0 Å². The van der Waals surface area contributed by atoms with Gasteiger partial charge in [0.05, 0.1) is 6.67 Å². The molecule has 144 valence electrons. The maximum Gasteiger partial charge on any atom is 0.0928 e. The highest BCUT2D eigenvalue weighted by molar-refractivity contribution is 6.30. The number of hydrogen-bond donors (Lipinski definition) is 0. The van der Waals surface area contributed by atoms with Crippen molar-refractivity contribution in [1.29, 1.82) is 0 Å². The van der Waals surface area contributed by atoms with Gasteiger partial charge < -0.3 is 0 Å². The van der Waals surface area contributed by atoms with E-state index in [-0.39, 0.29) is 6.67 Å². The van der Waals surface area contributed by atoms with Gasteiger partial charge in [-0.25, -0.2) is 0 Å². The number of alkyl halides is 1. The van der Waals surface area contributed by atoms with Gasteiger partial charge in [0.15, 0.2) is 0 Å². The number of halogens is 2. The highest BCUT2D eigenvalue weighted by atomic mass is 35.5. The Hall–Kier alpha value is -0.820. The van der Waals surface area contributed by atoms with Gasteiger partial charge in [-0.1, -0.05) is 48.7 Å². The Morgan fingerprint density at radius 3 is 2.00 bits per heavy atom. The first-order valence-electron chi connectivity index (χ1n) is 10.7. The summed E-state index contributed by atoms with van der Waals surface area (Å²) in [5.41, 5.74) is 1.48. The molecule has 0 spiro atoms. The first-order chi connectivity index (χ1) is 12.7. The molecule has 0 N–H and O–H groups in total. The molecule has 0 unspecified atom stereocenters. The quantitative estimate of drug-likeness (QED) is 0.421. The number of hydrogen-bond acceptors (Lipinski definition) is 0. The minimum absolute atomic E-state index is 0.216. The third kappa shape index (κ3) is 6.12. The van der Waals surface area contributed by atoms with Crippen LogP contribution in [0.4, 0.5) is 4.39 Å². The largest absolute Gasteiger partial charge is 0.251 e. The fraction of sp³-hybridized carbons (Fsp3) is 0.667. The van der Waals surface area contributed by atoms with Gasteiger partial charge in [-0.05, 0) is 99.2 Å². The summed E-state index contributed by atoms with van der Waals surface area (Å²) in [5.74, 6) is 3.35. The molecule has 0 bridgehead atoms. The van der Waals surface area contributed by atoms with E-state index in [0.29, 0.717) is 12.3 Å². The molecule has 0 aromatic heterocycles. The Morgan fingerprint density at radius 1 is 0.846 bits per heavy atom. The smallest absolute Gasteiger partial charge is 0.0928 e. The van der Waals surface area contributed by atoms with Crippen LogP contribution in [0, 0.1) is 17.8 Å². The van der Waals surface area contributed by atoms with Crippen molar-refractivity contribution in [2.24, 2.45) is 17.8 Å². The standard InChI is InChI=1S/C24H34ClF/c25-24-16-14-23(15-17-24)22-12-10-21(11-13-22)9-8-20-6-4-19(5-7-20)3-1-2-18-26/h1,3,14-17,19-22H,2,4-13,18H2. The lowest BCUT2D eigenvalue weighted by Gasteiger charge is -2.31. The normalized spacial score (nSPS) is 29.9. The van der Waals surface area contributed by atoms with Crippen LogP contribution in [0.1, 0.15) is 82.1 Å². The molecule has 2 aliphatic carbocycles.